The summed E-state index contributed by atoms with van der Waals surface area (Å²) in [7, 11) is 0. The molecule has 0 unspecified atom stereocenters. The van der Waals surface area contributed by atoms with Gasteiger partial charge in [-0.1, -0.05) is 39.0 Å². The van der Waals surface area contributed by atoms with Crippen LogP contribution in [0, 0.1) is 5.92 Å². The zero-order valence-corrected chi connectivity index (χ0v) is 16.8. The summed E-state index contributed by atoms with van der Waals surface area (Å²) in [5.74, 6) is 1.47. The predicted molar refractivity (Wildman–Crippen MR) is 113 cm³/mol. The Bertz CT molecular complexity index is 778. The molecule has 0 spiro atoms. The summed E-state index contributed by atoms with van der Waals surface area (Å²) in [4.78, 5) is 12.4. The molecular weight excluding hydrogens is 360 g/mol. The molecule has 27 heavy (non-hydrogen) atoms. The molecule has 0 saturated heterocycles. The normalized spacial score (nSPS) is 10.4. The third-order valence-electron chi connectivity index (χ3n) is 3.50. The molecule has 2 rings (SSSR count). The van der Waals surface area contributed by atoms with E-state index in [-0.39, 0.29) is 11.0 Å². The van der Waals surface area contributed by atoms with E-state index >= 15 is 0 Å². The van der Waals surface area contributed by atoms with Gasteiger partial charge in [-0.15, -0.1) is 0 Å². The minimum absolute atomic E-state index is 0.209. The number of hydrogen-bond acceptors (Lipinski definition) is 4. The van der Waals surface area contributed by atoms with Crippen molar-refractivity contribution in [2.75, 3.05) is 18.5 Å². The number of anilines is 1. The lowest BCUT2D eigenvalue weighted by atomic mass is 10.2. The minimum Gasteiger partial charge on any atom is -0.494 e. The second-order valence-corrected chi connectivity index (χ2v) is 6.89. The van der Waals surface area contributed by atoms with Gasteiger partial charge in [-0.05, 0) is 54.9 Å². The molecule has 0 aromatic heterocycles. The van der Waals surface area contributed by atoms with Crippen LogP contribution in [0.5, 0.6) is 11.5 Å². The quantitative estimate of drug-likeness (QED) is 0.648. The van der Waals surface area contributed by atoms with Gasteiger partial charge in [-0.3, -0.25) is 10.1 Å². The monoisotopic (exact) mass is 386 g/mol. The molecule has 0 aliphatic heterocycles. The van der Waals surface area contributed by atoms with Crippen molar-refractivity contribution in [2.24, 2.45) is 5.92 Å². The Morgan fingerprint density at radius 2 is 1.89 bits per heavy atom. The van der Waals surface area contributed by atoms with Crippen LogP contribution in [-0.4, -0.2) is 24.2 Å². The Balaban J connectivity index is 1.98. The van der Waals surface area contributed by atoms with Crippen LogP contribution in [0.1, 0.15) is 37.6 Å². The molecule has 2 aromatic carbocycles. The molecule has 6 heteroatoms. The molecule has 2 aromatic rings. The molecule has 0 aliphatic carbocycles. The fourth-order valence-electron chi connectivity index (χ4n) is 2.23. The summed E-state index contributed by atoms with van der Waals surface area (Å²) in [6.45, 7) is 7.41. The van der Waals surface area contributed by atoms with Crippen molar-refractivity contribution >= 4 is 28.9 Å². The van der Waals surface area contributed by atoms with E-state index in [1.807, 2.05) is 37.3 Å². The lowest BCUT2D eigenvalue weighted by Gasteiger charge is -2.15. The maximum absolute atomic E-state index is 12.4. The van der Waals surface area contributed by atoms with Crippen LogP contribution in [0.25, 0.3) is 0 Å². The molecule has 144 valence electrons. The number of amides is 1. The summed E-state index contributed by atoms with van der Waals surface area (Å²) >= 11 is 5.28. The maximum atomic E-state index is 12.4. The third kappa shape index (κ3) is 6.90. The van der Waals surface area contributed by atoms with E-state index in [1.54, 1.807) is 18.2 Å². The van der Waals surface area contributed by atoms with Gasteiger partial charge in [0, 0.05) is 5.56 Å². The zero-order chi connectivity index (χ0) is 19.6. The smallest absolute Gasteiger partial charge is 0.257 e. The molecule has 1 amide bonds. The van der Waals surface area contributed by atoms with Crippen LogP contribution in [-0.2, 0) is 0 Å². The molecule has 0 heterocycles. The van der Waals surface area contributed by atoms with Gasteiger partial charge in [0.25, 0.3) is 5.91 Å². The third-order valence-corrected chi connectivity index (χ3v) is 3.71. The van der Waals surface area contributed by atoms with E-state index in [9.17, 15) is 4.79 Å². The highest BCUT2D eigenvalue weighted by molar-refractivity contribution is 7.80. The summed E-state index contributed by atoms with van der Waals surface area (Å²) in [5, 5.41) is 5.93. The van der Waals surface area contributed by atoms with E-state index in [2.05, 4.69) is 24.5 Å². The van der Waals surface area contributed by atoms with Crippen LogP contribution in [0.3, 0.4) is 0 Å². The summed E-state index contributed by atoms with van der Waals surface area (Å²) in [5.41, 5.74) is 1.19. The standard InChI is InChI=1S/C21H26N2O3S/c1-4-12-25-17-9-7-8-16(13-17)20(24)23-21(27)22-18-10-5-6-11-19(18)26-14-15(2)3/h5-11,13,15H,4,12,14H2,1-3H3,(H2,22,23,24,27). The summed E-state index contributed by atoms with van der Waals surface area (Å²) < 4.78 is 11.4. The van der Waals surface area contributed by atoms with E-state index in [0.717, 1.165) is 6.42 Å². The molecule has 0 atom stereocenters. The number of thiocarbonyl (C=S) groups is 1. The van der Waals surface area contributed by atoms with Gasteiger partial charge in [-0.2, -0.15) is 0 Å². The number of hydrogen-bond donors (Lipinski definition) is 2. The van der Waals surface area contributed by atoms with Gasteiger partial charge in [0.15, 0.2) is 5.11 Å². The Morgan fingerprint density at radius 1 is 1.11 bits per heavy atom. The summed E-state index contributed by atoms with van der Waals surface area (Å²) in [6, 6.07) is 14.5. The van der Waals surface area contributed by atoms with Crippen molar-refractivity contribution in [3.63, 3.8) is 0 Å². The van der Waals surface area contributed by atoms with Gasteiger partial charge in [0.05, 0.1) is 18.9 Å². The number of nitrogens with one attached hydrogen (secondary N) is 2. The van der Waals surface area contributed by atoms with Gasteiger partial charge in [-0.25, -0.2) is 0 Å². The molecule has 0 bridgehead atoms. The lowest BCUT2D eigenvalue weighted by molar-refractivity contribution is 0.0977. The van der Waals surface area contributed by atoms with E-state index in [1.165, 1.54) is 0 Å². The van der Waals surface area contributed by atoms with Gasteiger partial charge in [0.2, 0.25) is 0 Å². The second-order valence-electron chi connectivity index (χ2n) is 6.49. The summed E-state index contributed by atoms with van der Waals surface area (Å²) in [6.07, 6.45) is 0.905. The van der Waals surface area contributed by atoms with E-state index < -0.39 is 0 Å². The fourth-order valence-corrected chi connectivity index (χ4v) is 2.43. The van der Waals surface area contributed by atoms with Crippen molar-refractivity contribution in [2.45, 2.75) is 27.2 Å². The van der Waals surface area contributed by atoms with Crippen molar-refractivity contribution in [1.82, 2.24) is 5.32 Å². The van der Waals surface area contributed by atoms with Crippen LogP contribution in [0.4, 0.5) is 5.69 Å². The number of carbonyl (C=O) groups is 1. The van der Waals surface area contributed by atoms with Crippen LogP contribution < -0.4 is 20.1 Å². The SMILES string of the molecule is CCCOc1cccc(C(=O)NC(=S)Nc2ccccc2OCC(C)C)c1. The Hall–Kier alpha value is -2.60. The lowest BCUT2D eigenvalue weighted by Crippen LogP contribution is -2.34. The highest BCUT2D eigenvalue weighted by Gasteiger charge is 2.11. The number of para-hydroxylation sites is 2. The topological polar surface area (TPSA) is 59.6 Å². The molecule has 0 radical (unpaired) electrons. The first-order valence-electron chi connectivity index (χ1n) is 9.06. The molecular formula is C21H26N2O3S. The van der Waals surface area contributed by atoms with Crippen LogP contribution in [0.15, 0.2) is 48.5 Å². The number of carbonyl (C=O) groups excluding carboxylic acids is 1. The van der Waals surface area contributed by atoms with Crippen molar-refractivity contribution < 1.29 is 14.3 Å². The largest absolute Gasteiger partial charge is 0.494 e. The van der Waals surface area contributed by atoms with Gasteiger partial charge >= 0.3 is 0 Å². The Morgan fingerprint density at radius 3 is 2.63 bits per heavy atom. The van der Waals surface area contributed by atoms with Crippen molar-refractivity contribution in [3.05, 3.63) is 54.1 Å². The molecule has 0 saturated carbocycles. The maximum Gasteiger partial charge on any atom is 0.257 e. The van der Waals surface area contributed by atoms with Gasteiger partial charge < -0.3 is 14.8 Å². The molecule has 0 fully saturated rings. The average Bonchev–Trinajstić information content (AvgIpc) is 2.65. The highest BCUT2D eigenvalue weighted by Crippen LogP contribution is 2.24. The van der Waals surface area contributed by atoms with Crippen LogP contribution >= 0.6 is 12.2 Å². The Kier molecular flexibility index (Phi) is 8.07. The number of benzene rings is 2. The van der Waals surface area contributed by atoms with Gasteiger partial charge in [0.1, 0.15) is 11.5 Å². The zero-order valence-electron chi connectivity index (χ0n) is 16.0. The second kappa shape index (κ2) is 10.5. The molecule has 0 aliphatic rings. The highest BCUT2D eigenvalue weighted by atomic mass is 32.1. The number of rotatable bonds is 8. The first-order chi connectivity index (χ1) is 13.0. The van der Waals surface area contributed by atoms with Crippen molar-refractivity contribution in [3.8, 4) is 11.5 Å². The molecule has 5 nitrogen and oxygen atoms in total. The van der Waals surface area contributed by atoms with Crippen LogP contribution in [0.2, 0.25) is 0 Å². The average molecular weight is 387 g/mol. The molecule has 2 N–H and O–H groups in total. The first-order valence-corrected chi connectivity index (χ1v) is 9.47. The first kappa shape index (κ1) is 20.7. The predicted octanol–water partition coefficient (Wildman–Crippen LogP) is 4.64. The van der Waals surface area contributed by atoms with E-state index in [4.69, 9.17) is 21.7 Å². The number of ether oxygens (including phenoxy) is 2. The van der Waals surface area contributed by atoms with Crippen molar-refractivity contribution in [1.29, 1.82) is 0 Å². The minimum atomic E-state index is -0.296. The fraction of sp³-hybridized carbons (Fsp3) is 0.333. The Labute approximate surface area is 166 Å². The van der Waals surface area contributed by atoms with E-state index in [0.29, 0.717) is 41.9 Å².